The number of carbonyl (C=O) groups is 1. The Kier molecular flexibility index (Phi) is 6.45. The summed E-state index contributed by atoms with van der Waals surface area (Å²) in [6.07, 6.45) is 0. The van der Waals surface area contributed by atoms with Gasteiger partial charge in [0.2, 0.25) is 5.91 Å². The van der Waals surface area contributed by atoms with Gasteiger partial charge < -0.3 is 15.5 Å². The van der Waals surface area contributed by atoms with Gasteiger partial charge in [0.05, 0.1) is 15.5 Å². The maximum atomic E-state index is 12.0. The van der Waals surface area contributed by atoms with E-state index < -0.39 is 69.4 Å². The first kappa shape index (κ1) is 25.4. The highest BCUT2D eigenvalue weighted by Crippen LogP contribution is 2.45. The number of nitro benzene ring substituents is 1. The fourth-order valence-corrected chi connectivity index (χ4v) is 4.20. The molecule has 17 heteroatoms. The molecule has 3 aromatic carbocycles. The zero-order chi connectivity index (χ0) is 26.3. The molecule has 0 aliphatic heterocycles. The molecule has 35 heavy (non-hydrogen) atoms. The highest BCUT2D eigenvalue weighted by atomic mass is 32.2. The van der Waals surface area contributed by atoms with Crippen molar-refractivity contribution in [2.75, 3.05) is 5.32 Å². The van der Waals surface area contributed by atoms with E-state index >= 15 is 0 Å². The number of benzene rings is 3. The van der Waals surface area contributed by atoms with Crippen LogP contribution in [0.4, 0.5) is 22.7 Å². The summed E-state index contributed by atoms with van der Waals surface area (Å²) in [7, 11) is -10.0. The fraction of sp³-hybridized carbons (Fsp3) is 0.0556. The number of aromatic hydroxyl groups is 2. The van der Waals surface area contributed by atoms with E-state index in [1.807, 2.05) is 0 Å². The van der Waals surface area contributed by atoms with Crippen LogP contribution in [0, 0.1) is 10.1 Å². The third-order valence-corrected chi connectivity index (χ3v) is 6.14. The van der Waals surface area contributed by atoms with Crippen molar-refractivity contribution in [1.29, 1.82) is 0 Å². The summed E-state index contributed by atoms with van der Waals surface area (Å²) < 4.78 is 66.2. The molecule has 3 aromatic rings. The normalized spacial score (nSPS) is 12.2. The van der Waals surface area contributed by atoms with Gasteiger partial charge >= 0.3 is 0 Å². The van der Waals surface area contributed by atoms with Gasteiger partial charge in [0.1, 0.15) is 22.0 Å². The van der Waals surface area contributed by atoms with Gasteiger partial charge in [-0.2, -0.15) is 16.8 Å². The van der Waals surface area contributed by atoms with E-state index in [4.69, 9.17) is 0 Å². The number of nitrogens with zero attached hydrogens (tertiary/aromatic N) is 3. The molecule has 0 saturated heterocycles. The van der Waals surface area contributed by atoms with Gasteiger partial charge in [0.25, 0.3) is 25.9 Å². The molecule has 1 amide bonds. The predicted molar refractivity (Wildman–Crippen MR) is 118 cm³/mol. The Hall–Kier alpha value is -4.19. The van der Waals surface area contributed by atoms with E-state index in [-0.39, 0.29) is 16.5 Å². The Morgan fingerprint density at radius 2 is 1.66 bits per heavy atom. The Labute approximate surface area is 196 Å². The summed E-state index contributed by atoms with van der Waals surface area (Å²) in [5.74, 6) is -2.33. The molecule has 0 spiro atoms. The smallest absolute Gasteiger partial charge is 0.296 e. The molecular formula is C18H14N4O11S2. The number of hydrogen-bond acceptors (Lipinski definition) is 11. The van der Waals surface area contributed by atoms with E-state index in [0.29, 0.717) is 6.07 Å². The van der Waals surface area contributed by atoms with Crippen LogP contribution in [0.2, 0.25) is 0 Å². The first-order valence-corrected chi connectivity index (χ1v) is 11.9. The first-order chi connectivity index (χ1) is 16.1. The second kappa shape index (κ2) is 8.87. The van der Waals surface area contributed by atoms with Crippen LogP contribution >= 0.6 is 0 Å². The first-order valence-electron chi connectivity index (χ1n) is 9.05. The molecule has 0 fully saturated rings. The summed E-state index contributed by atoms with van der Waals surface area (Å²) in [6.45, 7) is 1.04. The molecule has 184 valence electrons. The van der Waals surface area contributed by atoms with Gasteiger partial charge in [-0.25, -0.2) is 0 Å². The molecule has 0 aromatic heterocycles. The zero-order valence-corrected chi connectivity index (χ0v) is 18.9. The van der Waals surface area contributed by atoms with Crippen LogP contribution in [0.15, 0.2) is 56.4 Å². The number of carbonyl (C=O) groups excluding carboxylic acids is 1. The monoisotopic (exact) mass is 526 g/mol. The van der Waals surface area contributed by atoms with Crippen LogP contribution in [0.5, 0.6) is 11.5 Å². The van der Waals surface area contributed by atoms with Crippen molar-refractivity contribution >= 4 is 59.7 Å². The zero-order valence-electron chi connectivity index (χ0n) is 17.3. The predicted octanol–water partition coefficient (Wildman–Crippen LogP) is 3.03. The van der Waals surface area contributed by atoms with Crippen LogP contribution < -0.4 is 5.32 Å². The third kappa shape index (κ3) is 5.32. The average Bonchev–Trinajstić information content (AvgIpc) is 2.71. The van der Waals surface area contributed by atoms with E-state index in [1.165, 1.54) is 0 Å². The minimum atomic E-state index is -5.15. The molecular weight excluding hydrogens is 512 g/mol. The lowest BCUT2D eigenvalue weighted by atomic mass is 10.1. The number of amides is 1. The number of azo groups is 1. The van der Waals surface area contributed by atoms with Gasteiger partial charge in [-0.15, -0.1) is 10.2 Å². The number of fused-ring (bicyclic) bond motifs is 1. The van der Waals surface area contributed by atoms with Crippen LogP contribution in [0.25, 0.3) is 10.8 Å². The highest BCUT2D eigenvalue weighted by Gasteiger charge is 2.26. The largest absolute Gasteiger partial charge is 0.506 e. The van der Waals surface area contributed by atoms with Gasteiger partial charge in [-0.1, -0.05) is 0 Å². The number of phenols is 2. The summed E-state index contributed by atoms with van der Waals surface area (Å²) >= 11 is 0. The van der Waals surface area contributed by atoms with Crippen molar-refractivity contribution in [2.45, 2.75) is 16.7 Å². The molecule has 15 nitrogen and oxygen atoms in total. The Morgan fingerprint density at radius 3 is 2.20 bits per heavy atom. The van der Waals surface area contributed by atoms with Crippen molar-refractivity contribution in [3.63, 3.8) is 0 Å². The van der Waals surface area contributed by atoms with Crippen LogP contribution in [0.1, 0.15) is 6.92 Å². The standard InChI is InChI=1S/C18H14N4O11S2/c1-8(23)19-13-7-11(34(28,29)30)4-9-5-15(35(31,32)33)17(18(25)16(9)13)21-20-12-6-10(22(26)27)2-3-14(12)24/h2-7,24-25H,1H3,(H,19,23)(H,28,29,30)(H,31,32,33). The lowest BCUT2D eigenvalue weighted by molar-refractivity contribution is -0.384. The Morgan fingerprint density at radius 1 is 1.00 bits per heavy atom. The molecule has 0 bridgehead atoms. The van der Waals surface area contributed by atoms with Crippen LogP contribution in [-0.4, -0.2) is 47.0 Å². The van der Waals surface area contributed by atoms with Crippen LogP contribution in [-0.2, 0) is 25.0 Å². The number of nitro groups is 1. The Bertz CT molecular complexity index is 1650. The van der Waals surface area contributed by atoms with Crippen molar-refractivity contribution < 1.29 is 45.9 Å². The van der Waals surface area contributed by atoms with Gasteiger partial charge in [-0.05, 0) is 29.7 Å². The lowest BCUT2D eigenvalue weighted by Gasteiger charge is -2.14. The molecule has 0 heterocycles. The molecule has 0 saturated carbocycles. The number of anilines is 1. The quantitative estimate of drug-likeness (QED) is 0.135. The maximum absolute atomic E-state index is 12.0. The van der Waals surface area contributed by atoms with Crippen molar-refractivity contribution in [3.8, 4) is 11.5 Å². The number of nitrogens with one attached hydrogen (secondary N) is 1. The molecule has 0 atom stereocenters. The molecule has 5 N–H and O–H groups in total. The molecule has 0 aliphatic rings. The fourth-order valence-electron chi connectivity index (χ4n) is 3.00. The number of phenolic OH excluding ortho intramolecular Hbond substituents is 2. The van der Waals surface area contributed by atoms with E-state index in [2.05, 4.69) is 15.5 Å². The highest BCUT2D eigenvalue weighted by molar-refractivity contribution is 7.86. The van der Waals surface area contributed by atoms with Gasteiger partial charge in [-0.3, -0.25) is 24.0 Å². The van der Waals surface area contributed by atoms with Crippen molar-refractivity contribution in [2.24, 2.45) is 10.2 Å². The topological polar surface area (TPSA) is 246 Å². The van der Waals surface area contributed by atoms with Crippen molar-refractivity contribution in [3.05, 3.63) is 46.5 Å². The molecule has 3 rings (SSSR count). The van der Waals surface area contributed by atoms with Crippen molar-refractivity contribution in [1.82, 2.24) is 0 Å². The summed E-state index contributed by atoms with van der Waals surface area (Å²) in [6, 6.07) is 4.90. The molecule has 0 unspecified atom stereocenters. The lowest BCUT2D eigenvalue weighted by Crippen LogP contribution is -2.08. The summed E-state index contributed by atoms with van der Waals surface area (Å²) in [4.78, 5) is 19.9. The Balaban J connectivity index is 2.40. The minimum absolute atomic E-state index is 0.350. The van der Waals surface area contributed by atoms with Gasteiger partial charge in [0.15, 0.2) is 5.75 Å². The SMILES string of the molecule is CC(=O)Nc1cc(S(=O)(=O)O)cc2cc(S(=O)(=O)O)c(N=Nc3cc([N+](=O)[O-])ccc3O)c(O)c12. The van der Waals surface area contributed by atoms with E-state index in [0.717, 1.165) is 37.3 Å². The molecule has 0 aliphatic carbocycles. The summed E-state index contributed by atoms with van der Waals surface area (Å²) in [5, 5.41) is 40.2. The van der Waals surface area contributed by atoms with E-state index in [1.54, 1.807) is 0 Å². The van der Waals surface area contributed by atoms with Gasteiger partial charge in [0, 0.05) is 24.4 Å². The molecule has 0 radical (unpaired) electrons. The van der Waals surface area contributed by atoms with E-state index in [9.17, 15) is 51.1 Å². The second-order valence-corrected chi connectivity index (χ2v) is 9.71. The second-order valence-electron chi connectivity index (χ2n) is 6.90. The minimum Gasteiger partial charge on any atom is -0.506 e. The number of hydrogen-bond donors (Lipinski definition) is 5. The number of rotatable bonds is 6. The number of non-ortho nitro benzene ring substituents is 1. The summed E-state index contributed by atoms with van der Waals surface area (Å²) in [5.41, 5.74) is -2.28. The van der Waals surface area contributed by atoms with Crippen LogP contribution in [0.3, 0.4) is 0 Å². The average molecular weight is 526 g/mol. The third-order valence-electron chi connectivity index (χ3n) is 4.44. The maximum Gasteiger partial charge on any atom is 0.296 e.